The predicted molar refractivity (Wildman–Crippen MR) is 87.9 cm³/mol. The van der Waals surface area contributed by atoms with E-state index in [-0.39, 0.29) is 11.4 Å². The average molecular weight is 323 g/mol. The molecule has 3 rings (SSSR count). The van der Waals surface area contributed by atoms with Crippen LogP contribution in [0.3, 0.4) is 0 Å². The van der Waals surface area contributed by atoms with Crippen molar-refractivity contribution < 1.29 is 9.18 Å². The molecule has 0 radical (unpaired) electrons. The maximum absolute atomic E-state index is 13.6. The van der Waals surface area contributed by atoms with Gasteiger partial charge in [-0.2, -0.15) is 0 Å². The summed E-state index contributed by atoms with van der Waals surface area (Å²) in [5, 5.41) is 5.57. The van der Waals surface area contributed by atoms with Gasteiger partial charge in [0.05, 0.1) is 5.69 Å². The van der Waals surface area contributed by atoms with Gasteiger partial charge in [0.1, 0.15) is 23.7 Å². The summed E-state index contributed by atoms with van der Waals surface area (Å²) >= 11 is 0. The van der Waals surface area contributed by atoms with E-state index in [0.29, 0.717) is 12.4 Å². The Morgan fingerprint density at radius 1 is 1.12 bits per heavy atom. The molecule has 0 saturated heterocycles. The standard InChI is InChI=1S/C17H14FN5O/c18-13-5-1-2-6-14(13)23-17(24)15-8-16(22-11-21-15)20-10-12-4-3-7-19-9-12/h1-9,11H,10H2,(H,23,24)(H,20,21,22). The first-order valence-corrected chi connectivity index (χ1v) is 7.23. The van der Waals surface area contributed by atoms with Crippen LogP contribution in [0.4, 0.5) is 15.9 Å². The normalized spacial score (nSPS) is 10.2. The molecule has 2 N–H and O–H groups in total. The summed E-state index contributed by atoms with van der Waals surface area (Å²) in [6.07, 6.45) is 4.71. The Balaban J connectivity index is 1.68. The van der Waals surface area contributed by atoms with Crippen LogP contribution in [0.15, 0.2) is 61.2 Å². The van der Waals surface area contributed by atoms with Crippen molar-refractivity contribution in [1.29, 1.82) is 0 Å². The van der Waals surface area contributed by atoms with Gasteiger partial charge in [-0.25, -0.2) is 14.4 Å². The third-order valence-corrected chi connectivity index (χ3v) is 3.22. The second kappa shape index (κ2) is 7.28. The molecule has 1 amide bonds. The molecule has 0 aliphatic carbocycles. The number of hydrogen-bond acceptors (Lipinski definition) is 5. The Hall–Kier alpha value is -3.35. The van der Waals surface area contributed by atoms with Gasteiger partial charge in [-0.1, -0.05) is 18.2 Å². The highest BCUT2D eigenvalue weighted by molar-refractivity contribution is 6.03. The van der Waals surface area contributed by atoms with Crippen molar-refractivity contribution in [2.75, 3.05) is 10.6 Å². The van der Waals surface area contributed by atoms with Crippen molar-refractivity contribution in [3.63, 3.8) is 0 Å². The van der Waals surface area contributed by atoms with Crippen LogP contribution in [0, 0.1) is 5.82 Å². The third kappa shape index (κ3) is 3.89. The van der Waals surface area contributed by atoms with Gasteiger partial charge in [-0.15, -0.1) is 0 Å². The molecule has 2 heterocycles. The fourth-order valence-corrected chi connectivity index (χ4v) is 2.02. The number of carbonyl (C=O) groups is 1. The summed E-state index contributed by atoms with van der Waals surface area (Å²) in [6, 6.07) is 11.2. The minimum atomic E-state index is -0.507. The van der Waals surface area contributed by atoms with Gasteiger partial charge in [-0.3, -0.25) is 9.78 Å². The van der Waals surface area contributed by atoms with Gasteiger partial charge < -0.3 is 10.6 Å². The zero-order valence-electron chi connectivity index (χ0n) is 12.6. The van der Waals surface area contributed by atoms with Gasteiger partial charge in [0.2, 0.25) is 0 Å². The number of rotatable bonds is 5. The van der Waals surface area contributed by atoms with E-state index in [1.54, 1.807) is 24.5 Å². The van der Waals surface area contributed by atoms with Crippen molar-refractivity contribution >= 4 is 17.4 Å². The maximum Gasteiger partial charge on any atom is 0.274 e. The number of halogens is 1. The molecule has 6 nitrogen and oxygen atoms in total. The highest BCUT2D eigenvalue weighted by atomic mass is 19.1. The molecule has 2 aromatic heterocycles. The first kappa shape index (κ1) is 15.5. The van der Waals surface area contributed by atoms with Crippen LogP contribution in [0.2, 0.25) is 0 Å². The third-order valence-electron chi connectivity index (χ3n) is 3.22. The van der Waals surface area contributed by atoms with Gasteiger partial charge in [-0.05, 0) is 23.8 Å². The number of nitrogens with zero attached hydrogens (tertiary/aromatic N) is 3. The molecule has 0 bridgehead atoms. The summed E-state index contributed by atoms with van der Waals surface area (Å²) < 4.78 is 13.6. The van der Waals surface area contributed by atoms with E-state index in [4.69, 9.17) is 0 Å². The minimum absolute atomic E-state index is 0.103. The van der Waals surface area contributed by atoms with Crippen molar-refractivity contribution in [2.45, 2.75) is 6.54 Å². The predicted octanol–water partition coefficient (Wildman–Crippen LogP) is 2.88. The monoisotopic (exact) mass is 323 g/mol. The molecule has 0 aliphatic rings. The van der Waals surface area contributed by atoms with Crippen LogP contribution in [0.5, 0.6) is 0 Å². The van der Waals surface area contributed by atoms with Gasteiger partial charge in [0, 0.05) is 25.0 Å². The molecule has 3 aromatic rings. The Labute approximate surface area is 137 Å². The molecule has 7 heteroatoms. The molecule has 0 fully saturated rings. The van der Waals surface area contributed by atoms with Gasteiger partial charge >= 0.3 is 0 Å². The number of para-hydroxylation sites is 1. The van der Waals surface area contributed by atoms with Crippen molar-refractivity contribution in [3.8, 4) is 0 Å². The molecule has 0 spiro atoms. The Kier molecular flexibility index (Phi) is 4.71. The number of carbonyl (C=O) groups excluding carboxylic acids is 1. The lowest BCUT2D eigenvalue weighted by Crippen LogP contribution is -2.15. The van der Waals surface area contributed by atoms with E-state index in [1.807, 2.05) is 12.1 Å². The number of hydrogen-bond donors (Lipinski definition) is 2. The molecule has 1 aromatic carbocycles. The van der Waals surface area contributed by atoms with Crippen molar-refractivity contribution in [1.82, 2.24) is 15.0 Å². The quantitative estimate of drug-likeness (QED) is 0.755. The van der Waals surface area contributed by atoms with Crippen molar-refractivity contribution in [3.05, 3.63) is 78.3 Å². The summed E-state index contributed by atoms with van der Waals surface area (Å²) in [5.41, 5.74) is 1.22. The first-order valence-electron chi connectivity index (χ1n) is 7.23. The summed E-state index contributed by atoms with van der Waals surface area (Å²) in [7, 11) is 0. The second-order valence-electron chi connectivity index (χ2n) is 4.94. The summed E-state index contributed by atoms with van der Waals surface area (Å²) in [6.45, 7) is 0.513. The molecule has 0 saturated carbocycles. The number of amides is 1. The van der Waals surface area contributed by atoms with E-state index in [9.17, 15) is 9.18 Å². The van der Waals surface area contributed by atoms with Crippen LogP contribution in [0.1, 0.15) is 16.1 Å². The van der Waals surface area contributed by atoms with Crippen LogP contribution in [-0.4, -0.2) is 20.9 Å². The maximum atomic E-state index is 13.6. The van der Waals surface area contributed by atoms with Crippen LogP contribution in [-0.2, 0) is 6.54 Å². The fraction of sp³-hybridized carbons (Fsp3) is 0.0588. The SMILES string of the molecule is O=C(Nc1ccccc1F)c1cc(NCc2cccnc2)ncn1. The lowest BCUT2D eigenvalue weighted by atomic mass is 10.2. The van der Waals surface area contributed by atoms with Crippen molar-refractivity contribution in [2.24, 2.45) is 0 Å². The van der Waals surface area contributed by atoms with E-state index in [1.165, 1.54) is 24.5 Å². The van der Waals surface area contributed by atoms with Crippen LogP contribution in [0.25, 0.3) is 0 Å². The summed E-state index contributed by atoms with van der Waals surface area (Å²) in [5.74, 6) is -0.519. The van der Waals surface area contributed by atoms with E-state index >= 15 is 0 Å². The number of aromatic nitrogens is 3. The van der Waals surface area contributed by atoms with Gasteiger partial charge in [0.15, 0.2) is 0 Å². The molecule has 120 valence electrons. The topological polar surface area (TPSA) is 79.8 Å². The number of anilines is 2. The van der Waals surface area contributed by atoms with E-state index < -0.39 is 11.7 Å². The average Bonchev–Trinajstić information content (AvgIpc) is 2.63. The second-order valence-corrected chi connectivity index (χ2v) is 4.94. The smallest absolute Gasteiger partial charge is 0.274 e. The Morgan fingerprint density at radius 3 is 2.79 bits per heavy atom. The molecule has 0 atom stereocenters. The lowest BCUT2D eigenvalue weighted by molar-refractivity contribution is 0.102. The fourth-order valence-electron chi connectivity index (χ4n) is 2.02. The zero-order valence-corrected chi connectivity index (χ0v) is 12.6. The Bertz CT molecular complexity index is 841. The molecule has 0 aliphatic heterocycles. The molecule has 0 unspecified atom stereocenters. The molecule has 24 heavy (non-hydrogen) atoms. The minimum Gasteiger partial charge on any atom is -0.366 e. The molecular weight excluding hydrogens is 309 g/mol. The largest absolute Gasteiger partial charge is 0.366 e. The zero-order chi connectivity index (χ0) is 16.8. The van der Waals surface area contributed by atoms with Gasteiger partial charge in [0.25, 0.3) is 5.91 Å². The first-order chi connectivity index (χ1) is 11.7. The molecular formula is C17H14FN5O. The lowest BCUT2D eigenvalue weighted by Gasteiger charge is -2.08. The van der Waals surface area contributed by atoms with E-state index in [2.05, 4.69) is 25.6 Å². The number of nitrogens with one attached hydrogen (secondary N) is 2. The highest BCUT2D eigenvalue weighted by Crippen LogP contribution is 2.14. The van der Waals surface area contributed by atoms with Crippen LogP contribution < -0.4 is 10.6 Å². The Morgan fingerprint density at radius 2 is 2.00 bits per heavy atom. The summed E-state index contributed by atoms with van der Waals surface area (Å²) in [4.78, 5) is 24.2. The highest BCUT2D eigenvalue weighted by Gasteiger charge is 2.11. The van der Waals surface area contributed by atoms with E-state index in [0.717, 1.165) is 5.56 Å². The number of benzene rings is 1. The van der Waals surface area contributed by atoms with Crippen LogP contribution >= 0.6 is 0 Å². The number of pyridine rings is 1.